The maximum Gasteiger partial charge on any atom is 0.371 e. The van der Waals surface area contributed by atoms with Gasteiger partial charge < -0.3 is 32.6 Å². The molecular weight excluding hydrogens is 532 g/mol. The summed E-state index contributed by atoms with van der Waals surface area (Å²) in [7, 11) is -1.79. The Bertz CT molecular complexity index is 1630. The Kier molecular flexibility index (Phi) is 8.22. The monoisotopic (exact) mass is 564 g/mol. The van der Waals surface area contributed by atoms with Crippen LogP contribution in [0.3, 0.4) is 0 Å². The molecule has 0 aliphatic heterocycles. The van der Waals surface area contributed by atoms with E-state index >= 15 is 0 Å². The fourth-order valence-electron chi connectivity index (χ4n) is 3.57. The van der Waals surface area contributed by atoms with Crippen molar-refractivity contribution in [1.29, 1.82) is 0 Å². The van der Waals surface area contributed by atoms with Crippen molar-refractivity contribution in [2.45, 2.75) is 52.1 Å². The van der Waals surface area contributed by atoms with Gasteiger partial charge in [-0.25, -0.2) is 9.59 Å². The minimum atomic E-state index is -1.79. The average Bonchev–Trinajstić information content (AvgIpc) is 3.64. The van der Waals surface area contributed by atoms with E-state index in [4.69, 9.17) is 32.6 Å². The molecular formula is C30H32O9Si. The van der Waals surface area contributed by atoms with Gasteiger partial charge in [0.25, 0.3) is 0 Å². The molecule has 0 aliphatic rings. The first-order valence-electron chi connectivity index (χ1n) is 12.6. The average molecular weight is 565 g/mol. The summed E-state index contributed by atoms with van der Waals surface area (Å²) in [6.07, 6.45) is 2.82. The molecule has 5 aromatic rings. The fourth-order valence-corrected chi connectivity index (χ4v) is 4.53. The molecule has 0 aliphatic carbocycles. The second-order valence-electron chi connectivity index (χ2n) is 10.8. The number of ether oxygens (including phenoxy) is 1. The van der Waals surface area contributed by atoms with Crippen LogP contribution in [0.4, 0.5) is 0 Å². The molecule has 0 fully saturated rings. The minimum Gasteiger partial charge on any atom is -0.489 e. The molecule has 0 spiro atoms. The number of carboxylic acid groups (broad SMARTS) is 2. The van der Waals surface area contributed by atoms with Crippen LogP contribution in [-0.2, 0) is 17.6 Å². The minimum absolute atomic E-state index is 0.0427. The molecule has 9 nitrogen and oxygen atoms in total. The zero-order chi connectivity index (χ0) is 29.1. The Morgan fingerprint density at radius 1 is 0.800 bits per heavy atom. The van der Waals surface area contributed by atoms with Crippen molar-refractivity contribution < 1.29 is 42.2 Å². The molecule has 0 radical (unpaired) electrons. The number of rotatable bonds is 8. The summed E-state index contributed by atoms with van der Waals surface area (Å²) in [5.41, 5.74) is 3.02. The molecule has 0 saturated carbocycles. The summed E-state index contributed by atoms with van der Waals surface area (Å²) in [6.45, 7) is 11.4. The van der Waals surface area contributed by atoms with E-state index in [1.165, 1.54) is 24.7 Å². The van der Waals surface area contributed by atoms with E-state index in [1.807, 2.05) is 42.5 Å². The summed E-state index contributed by atoms with van der Waals surface area (Å²) in [5, 5.41) is 19.8. The number of fused-ring (bicyclic) bond motifs is 3. The van der Waals surface area contributed by atoms with Crippen molar-refractivity contribution >= 4 is 42.2 Å². The zero-order valence-corrected chi connectivity index (χ0v) is 24.0. The fraction of sp³-hybridized carbons (Fsp3) is 0.267. The molecule has 210 valence electrons. The zero-order valence-electron chi connectivity index (χ0n) is 23.0. The summed E-state index contributed by atoms with van der Waals surface area (Å²) in [5.74, 6) is -1.65. The normalized spacial score (nSPS) is 11.8. The Morgan fingerprint density at radius 2 is 1.38 bits per heavy atom. The summed E-state index contributed by atoms with van der Waals surface area (Å²) >= 11 is 0. The summed E-state index contributed by atoms with van der Waals surface area (Å²) in [4.78, 5) is 21.4. The number of carbonyl (C=O) groups is 2. The molecule has 3 aromatic heterocycles. The Hall–Kier alpha value is -4.28. The highest BCUT2D eigenvalue weighted by molar-refractivity contribution is 6.74. The number of hydrogen-bond donors (Lipinski definition) is 2. The number of benzene rings is 2. The standard InChI is InChI=1S/C18H12O5.C12H20O4Si/c19-18(20)17-7-11(10-22-17)9-21-12-5-6-14-13-3-1-2-4-15(13)23-16(14)8-12;1-12(2,3)17(4,5)16-8-9-6-10(11(13)14)15-7-9/h1-8,10H,9H2,(H,19,20);6-7H,8H2,1-5H3,(H,13,14). The second kappa shape index (κ2) is 11.4. The number of furan rings is 3. The third-order valence-electron chi connectivity index (χ3n) is 6.89. The first-order chi connectivity index (χ1) is 18.8. The summed E-state index contributed by atoms with van der Waals surface area (Å²) in [6, 6.07) is 16.4. The largest absolute Gasteiger partial charge is 0.489 e. The van der Waals surface area contributed by atoms with E-state index in [9.17, 15) is 9.59 Å². The van der Waals surface area contributed by atoms with Crippen LogP contribution in [0.25, 0.3) is 21.9 Å². The van der Waals surface area contributed by atoms with Crippen molar-refractivity contribution in [2.24, 2.45) is 0 Å². The SMILES string of the molecule is CC(C)(C)[Si](C)(C)OCc1coc(C(=O)O)c1.O=C(O)c1cc(COc2ccc3c(c2)oc2ccccc23)co1. The molecule has 5 rings (SSSR count). The van der Waals surface area contributed by atoms with E-state index < -0.39 is 20.3 Å². The number of aromatic carboxylic acids is 2. The van der Waals surface area contributed by atoms with Crippen LogP contribution in [0, 0.1) is 0 Å². The van der Waals surface area contributed by atoms with Crippen molar-refractivity contribution in [3.05, 3.63) is 89.8 Å². The molecule has 0 bridgehead atoms. The van der Waals surface area contributed by atoms with Gasteiger partial charge in [-0.05, 0) is 48.5 Å². The maximum atomic E-state index is 10.8. The van der Waals surface area contributed by atoms with Crippen molar-refractivity contribution in [2.75, 3.05) is 0 Å². The van der Waals surface area contributed by atoms with Gasteiger partial charge in [-0.2, -0.15) is 0 Å². The topological polar surface area (TPSA) is 132 Å². The lowest BCUT2D eigenvalue weighted by Gasteiger charge is -2.36. The molecule has 40 heavy (non-hydrogen) atoms. The number of para-hydroxylation sites is 1. The van der Waals surface area contributed by atoms with E-state index in [0.29, 0.717) is 17.9 Å². The van der Waals surface area contributed by atoms with Crippen molar-refractivity contribution in [3.63, 3.8) is 0 Å². The highest BCUT2D eigenvalue weighted by atomic mass is 28.4. The van der Waals surface area contributed by atoms with Gasteiger partial charge in [0, 0.05) is 28.0 Å². The third-order valence-corrected chi connectivity index (χ3v) is 11.4. The van der Waals surface area contributed by atoms with Crippen molar-refractivity contribution in [3.8, 4) is 5.75 Å². The lowest BCUT2D eigenvalue weighted by molar-refractivity contribution is 0.0652. The molecule has 0 atom stereocenters. The molecule has 3 heterocycles. The van der Waals surface area contributed by atoms with Crippen LogP contribution in [0.5, 0.6) is 5.75 Å². The molecule has 0 amide bonds. The number of carboxylic acids is 2. The maximum absolute atomic E-state index is 10.8. The second-order valence-corrected chi connectivity index (χ2v) is 15.7. The van der Waals surface area contributed by atoms with Crippen LogP contribution in [-0.4, -0.2) is 30.5 Å². The highest BCUT2D eigenvalue weighted by Gasteiger charge is 2.37. The van der Waals surface area contributed by atoms with Gasteiger partial charge in [-0.15, -0.1) is 0 Å². The highest BCUT2D eigenvalue weighted by Crippen LogP contribution is 2.37. The van der Waals surface area contributed by atoms with Crippen LogP contribution in [0.2, 0.25) is 18.1 Å². The molecule has 2 N–H and O–H groups in total. The lowest BCUT2D eigenvalue weighted by Crippen LogP contribution is -2.40. The Morgan fingerprint density at radius 3 is 1.95 bits per heavy atom. The van der Waals surface area contributed by atoms with E-state index in [1.54, 1.807) is 0 Å². The molecule has 0 unspecified atom stereocenters. The van der Waals surface area contributed by atoms with Crippen LogP contribution in [0.15, 0.2) is 80.4 Å². The predicted molar refractivity (Wildman–Crippen MR) is 151 cm³/mol. The first kappa shape index (κ1) is 28.7. The molecule has 0 saturated heterocycles. The Labute approximate surface area is 232 Å². The van der Waals surface area contributed by atoms with Gasteiger partial charge in [0.05, 0.1) is 19.1 Å². The molecule has 2 aromatic carbocycles. The van der Waals surface area contributed by atoms with Crippen molar-refractivity contribution in [1.82, 2.24) is 0 Å². The van der Waals surface area contributed by atoms with Gasteiger partial charge in [-0.1, -0.05) is 39.0 Å². The van der Waals surface area contributed by atoms with Gasteiger partial charge in [0.15, 0.2) is 8.32 Å². The first-order valence-corrected chi connectivity index (χ1v) is 15.5. The van der Waals surface area contributed by atoms with Gasteiger partial charge in [0.1, 0.15) is 23.5 Å². The van der Waals surface area contributed by atoms with E-state index in [-0.39, 0.29) is 23.2 Å². The lowest BCUT2D eigenvalue weighted by atomic mass is 10.1. The van der Waals surface area contributed by atoms with Gasteiger partial charge in [-0.3, -0.25) is 0 Å². The smallest absolute Gasteiger partial charge is 0.371 e. The van der Waals surface area contributed by atoms with Crippen LogP contribution >= 0.6 is 0 Å². The summed E-state index contributed by atoms with van der Waals surface area (Å²) < 4.78 is 27.3. The van der Waals surface area contributed by atoms with Crippen LogP contribution in [0.1, 0.15) is 53.0 Å². The number of hydrogen-bond acceptors (Lipinski definition) is 7. The van der Waals surface area contributed by atoms with Gasteiger partial charge in [0.2, 0.25) is 11.5 Å². The van der Waals surface area contributed by atoms with Crippen LogP contribution < -0.4 is 4.74 Å². The Balaban J connectivity index is 0.000000195. The van der Waals surface area contributed by atoms with E-state index in [2.05, 4.69) is 33.9 Å². The quantitative estimate of drug-likeness (QED) is 0.180. The van der Waals surface area contributed by atoms with E-state index in [0.717, 1.165) is 27.5 Å². The van der Waals surface area contributed by atoms with Gasteiger partial charge >= 0.3 is 11.9 Å². The third kappa shape index (κ3) is 6.64. The predicted octanol–water partition coefficient (Wildman–Crippen LogP) is 7.96. The molecule has 10 heteroatoms.